The van der Waals surface area contributed by atoms with Crippen LogP contribution in [0, 0.1) is 6.92 Å². The van der Waals surface area contributed by atoms with E-state index in [0.29, 0.717) is 6.54 Å². The Bertz CT molecular complexity index is 398. The van der Waals surface area contributed by atoms with Crippen LogP contribution in [0.15, 0.2) is 12.3 Å². The third kappa shape index (κ3) is 3.00. The molecule has 1 fully saturated rings. The number of aryl methyl sites for hydroxylation is 1. The molecular weight excluding hydrogens is 226 g/mol. The van der Waals surface area contributed by atoms with Crippen LogP contribution < -0.4 is 10.6 Å². The second-order valence-electron chi connectivity index (χ2n) is 5.19. The van der Waals surface area contributed by atoms with E-state index in [1.807, 2.05) is 6.20 Å². The molecule has 4 nitrogen and oxygen atoms in total. The van der Waals surface area contributed by atoms with E-state index in [1.54, 1.807) is 0 Å². The number of nitrogens with two attached hydrogens (primary N) is 1. The molecular formula is C14H23N3O. The fourth-order valence-corrected chi connectivity index (χ4v) is 2.61. The number of rotatable bonds is 3. The van der Waals surface area contributed by atoms with Crippen molar-refractivity contribution in [3.63, 3.8) is 0 Å². The van der Waals surface area contributed by atoms with Crippen molar-refractivity contribution in [2.45, 2.75) is 39.4 Å². The summed E-state index contributed by atoms with van der Waals surface area (Å²) < 4.78 is 5.75. The SMILES string of the molecule is Cc1cc(CCN)cnc1N1CC(C)OC(C)C1. The molecule has 2 N–H and O–H groups in total. The average Bonchev–Trinajstić information content (AvgIpc) is 2.28. The van der Waals surface area contributed by atoms with Crippen LogP contribution >= 0.6 is 0 Å². The Hall–Kier alpha value is -1.13. The minimum atomic E-state index is 0.263. The van der Waals surface area contributed by atoms with Gasteiger partial charge < -0.3 is 15.4 Å². The van der Waals surface area contributed by atoms with Crippen LogP contribution in [0.25, 0.3) is 0 Å². The maximum absolute atomic E-state index is 5.75. The number of nitrogens with zero attached hydrogens (tertiary/aromatic N) is 2. The Morgan fingerprint density at radius 3 is 2.61 bits per heavy atom. The number of pyridine rings is 1. The summed E-state index contributed by atoms with van der Waals surface area (Å²) >= 11 is 0. The molecule has 2 rings (SSSR count). The molecule has 2 atom stereocenters. The normalized spacial score (nSPS) is 24.3. The predicted molar refractivity (Wildman–Crippen MR) is 74.0 cm³/mol. The third-order valence-electron chi connectivity index (χ3n) is 3.26. The topological polar surface area (TPSA) is 51.4 Å². The monoisotopic (exact) mass is 249 g/mol. The largest absolute Gasteiger partial charge is 0.372 e. The van der Waals surface area contributed by atoms with Gasteiger partial charge in [-0.05, 0) is 44.9 Å². The van der Waals surface area contributed by atoms with Gasteiger partial charge in [-0.3, -0.25) is 0 Å². The number of hydrogen-bond donors (Lipinski definition) is 1. The van der Waals surface area contributed by atoms with Crippen LogP contribution in [0.4, 0.5) is 5.82 Å². The van der Waals surface area contributed by atoms with Gasteiger partial charge in [0.25, 0.3) is 0 Å². The fourth-order valence-electron chi connectivity index (χ4n) is 2.61. The highest BCUT2D eigenvalue weighted by molar-refractivity contribution is 5.48. The molecule has 0 bridgehead atoms. The van der Waals surface area contributed by atoms with E-state index in [4.69, 9.17) is 10.5 Å². The molecule has 0 saturated carbocycles. The van der Waals surface area contributed by atoms with E-state index in [9.17, 15) is 0 Å². The maximum Gasteiger partial charge on any atom is 0.131 e. The summed E-state index contributed by atoms with van der Waals surface area (Å²) in [5, 5.41) is 0. The first kappa shape index (κ1) is 13.3. The van der Waals surface area contributed by atoms with Gasteiger partial charge in [-0.15, -0.1) is 0 Å². The number of anilines is 1. The van der Waals surface area contributed by atoms with Gasteiger partial charge in [0, 0.05) is 19.3 Å². The zero-order valence-electron chi connectivity index (χ0n) is 11.5. The first-order valence-corrected chi connectivity index (χ1v) is 6.66. The summed E-state index contributed by atoms with van der Waals surface area (Å²) in [6.07, 6.45) is 3.36. The lowest BCUT2D eigenvalue weighted by atomic mass is 10.1. The van der Waals surface area contributed by atoms with Crippen LogP contribution in [0.5, 0.6) is 0 Å². The molecule has 100 valence electrons. The second-order valence-corrected chi connectivity index (χ2v) is 5.19. The van der Waals surface area contributed by atoms with Gasteiger partial charge in [0.1, 0.15) is 5.82 Å². The van der Waals surface area contributed by atoms with Crippen molar-refractivity contribution in [2.24, 2.45) is 5.73 Å². The molecule has 1 aromatic rings. The number of hydrogen-bond acceptors (Lipinski definition) is 4. The molecule has 1 aliphatic heterocycles. The molecule has 2 heterocycles. The first-order valence-electron chi connectivity index (χ1n) is 6.66. The number of morpholine rings is 1. The van der Waals surface area contributed by atoms with Crippen molar-refractivity contribution in [3.8, 4) is 0 Å². The highest BCUT2D eigenvalue weighted by Crippen LogP contribution is 2.22. The summed E-state index contributed by atoms with van der Waals surface area (Å²) in [7, 11) is 0. The van der Waals surface area contributed by atoms with E-state index in [-0.39, 0.29) is 12.2 Å². The lowest BCUT2D eigenvalue weighted by Crippen LogP contribution is -2.46. The van der Waals surface area contributed by atoms with E-state index in [2.05, 4.69) is 36.7 Å². The Morgan fingerprint density at radius 2 is 2.06 bits per heavy atom. The molecule has 0 amide bonds. The molecule has 1 saturated heterocycles. The summed E-state index contributed by atoms with van der Waals surface area (Å²) in [6, 6.07) is 2.19. The van der Waals surface area contributed by atoms with Crippen molar-refractivity contribution >= 4 is 5.82 Å². The summed E-state index contributed by atoms with van der Waals surface area (Å²) in [5.41, 5.74) is 8.01. The van der Waals surface area contributed by atoms with E-state index < -0.39 is 0 Å². The maximum atomic E-state index is 5.75. The van der Waals surface area contributed by atoms with Gasteiger partial charge in [-0.1, -0.05) is 6.07 Å². The van der Waals surface area contributed by atoms with Crippen molar-refractivity contribution in [1.29, 1.82) is 0 Å². The molecule has 0 aliphatic carbocycles. The second kappa shape index (κ2) is 5.67. The van der Waals surface area contributed by atoms with Crippen LogP contribution in [0.2, 0.25) is 0 Å². The average molecular weight is 249 g/mol. The standard InChI is InChI=1S/C14H23N3O/c1-10-6-13(4-5-15)7-16-14(10)17-8-11(2)18-12(3)9-17/h6-7,11-12H,4-5,8-9,15H2,1-3H3. The van der Waals surface area contributed by atoms with Gasteiger partial charge in [0.2, 0.25) is 0 Å². The minimum absolute atomic E-state index is 0.263. The van der Waals surface area contributed by atoms with E-state index >= 15 is 0 Å². The Kier molecular flexibility index (Phi) is 4.19. The molecule has 1 aromatic heterocycles. The number of aromatic nitrogens is 1. The highest BCUT2D eigenvalue weighted by atomic mass is 16.5. The molecule has 0 aromatic carbocycles. The zero-order valence-corrected chi connectivity index (χ0v) is 11.5. The summed E-state index contributed by atoms with van der Waals surface area (Å²) in [5.74, 6) is 1.08. The van der Waals surface area contributed by atoms with E-state index in [0.717, 1.165) is 25.3 Å². The quantitative estimate of drug-likeness (QED) is 0.882. The molecule has 4 heteroatoms. The van der Waals surface area contributed by atoms with Crippen LogP contribution in [-0.2, 0) is 11.2 Å². The summed E-state index contributed by atoms with van der Waals surface area (Å²) in [4.78, 5) is 6.92. The summed E-state index contributed by atoms with van der Waals surface area (Å²) in [6.45, 7) is 8.84. The van der Waals surface area contributed by atoms with Crippen LogP contribution in [0.1, 0.15) is 25.0 Å². The van der Waals surface area contributed by atoms with Gasteiger partial charge in [0.05, 0.1) is 12.2 Å². The number of ether oxygens (including phenoxy) is 1. The van der Waals surface area contributed by atoms with Crippen LogP contribution in [0.3, 0.4) is 0 Å². The molecule has 1 aliphatic rings. The minimum Gasteiger partial charge on any atom is -0.372 e. The Balaban J connectivity index is 2.17. The van der Waals surface area contributed by atoms with Gasteiger partial charge in [-0.25, -0.2) is 4.98 Å². The highest BCUT2D eigenvalue weighted by Gasteiger charge is 2.24. The smallest absolute Gasteiger partial charge is 0.131 e. The van der Waals surface area contributed by atoms with Crippen LogP contribution in [-0.4, -0.2) is 36.8 Å². The van der Waals surface area contributed by atoms with Gasteiger partial charge in [0.15, 0.2) is 0 Å². The Morgan fingerprint density at radius 1 is 1.39 bits per heavy atom. The van der Waals surface area contributed by atoms with Crippen molar-refractivity contribution in [2.75, 3.05) is 24.5 Å². The molecule has 18 heavy (non-hydrogen) atoms. The van der Waals surface area contributed by atoms with Gasteiger partial charge >= 0.3 is 0 Å². The van der Waals surface area contributed by atoms with Crippen molar-refractivity contribution < 1.29 is 4.74 Å². The predicted octanol–water partition coefficient (Wildman–Crippen LogP) is 1.50. The van der Waals surface area contributed by atoms with E-state index in [1.165, 1.54) is 11.1 Å². The van der Waals surface area contributed by atoms with Crippen molar-refractivity contribution in [1.82, 2.24) is 4.98 Å². The fraction of sp³-hybridized carbons (Fsp3) is 0.643. The lowest BCUT2D eigenvalue weighted by molar-refractivity contribution is -0.00549. The molecule has 2 unspecified atom stereocenters. The van der Waals surface area contributed by atoms with Gasteiger partial charge in [-0.2, -0.15) is 0 Å². The molecule has 0 spiro atoms. The lowest BCUT2D eigenvalue weighted by Gasteiger charge is -2.36. The molecule has 0 radical (unpaired) electrons. The van der Waals surface area contributed by atoms with Crippen molar-refractivity contribution in [3.05, 3.63) is 23.4 Å². The first-order chi connectivity index (χ1) is 8.60. The zero-order chi connectivity index (χ0) is 13.1. The Labute approximate surface area is 109 Å². The third-order valence-corrected chi connectivity index (χ3v) is 3.26.